The van der Waals surface area contributed by atoms with Gasteiger partial charge in [0.2, 0.25) is 11.5 Å². The van der Waals surface area contributed by atoms with Crippen LogP contribution in [-0.4, -0.2) is 22.9 Å². The van der Waals surface area contributed by atoms with E-state index in [-0.39, 0.29) is 17.0 Å². The number of benzene rings is 2. The summed E-state index contributed by atoms with van der Waals surface area (Å²) in [4.78, 5) is 37.3. The molecule has 0 N–H and O–H groups in total. The van der Waals surface area contributed by atoms with Gasteiger partial charge in [0.25, 0.3) is 0 Å². The predicted octanol–water partition coefficient (Wildman–Crippen LogP) is 4.49. The van der Waals surface area contributed by atoms with Crippen LogP contribution < -0.4 is 5.43 Å². The molecular weight excluding hydrogens is 406 g/mol. The van der Waals surface area contributed by atoms with E-state index >= 15 is 0 Å². The van der Waals surface area contributed by atoms with Crippen molar-refractivity contribution in [3.63, 3.8) is 0 Å². The first kappa shape index (κ1) is 21.3. The van der Waals surface area contributed by atoms with E-state index in [1.54, 1.807) is 24.3 Å². The van der Waals surface area contributed by atoms with E-state index in [0.29, 0.717) is 16.5 Å². The van der Waals surface area contributed by atoms with Gasteiger partial charge < -0.3 is 13.7 Å². The number of carbonyl (C=O) groups is 2. The Balaban J connectivity index is 1.44. The third kappa shape index (κ3) is 4.39. The van der Waals surface area contributed by atoms with E-state index < -0.39 is 12.6 Å². The highest BCUT2D eigenvalue weighted by Gasteiger charge is 2.19. The van der Waals surface area contributed by atoms with Crippen molar-refractivity contribution in [3.05, 3.63) is 105 Å². The van der Waals surface area contributed by atoms with Crippen molar-refractivity contribution in [2.24, 2.45) is 0 Å². The van der Waals surface area contributed by atoms with Gasteiger partial charge in [0, 0.05) is 29.6 Å². The number of fused-ring (bicyclic) bond motifs is 1. The average molecular weight is 429 g/mol. The molecule has 0 saturated carbocycles. The number of rotatable bonds is 7. The van der Waals surface area contributed by atoms with Crippen molar-refractivity contribution >= 4 is 22.7 Å². The fraction of sp³-hybridized carbons (Fsp3) is 0.192. The van der Waals surface area contributed by atoms with E-state index in [4.69, 9.17) is 9.15 Å². The molecule has 0 amide bonds. The summed E-state index contributed by atoms with van der Waals surface area (Å²) >= 11 is 0. The minimum atomic E-state index is -0.848. The number of para-hydroxylation sites is 1. The Bertz CT molecular complexity index is 1350. The zero-order valence-electron chi connectivity index (χ0n) is 18.0. The standard InChI is InChI=1S/C26H23NO5/c1-17-14-21(18(2)27(17)13-12-19-8-4-3-5-9-19)23(29)16-31-26(30)25-15-22(28)20-10-6-7-11-24(20)32-25/h3-11,14-15H,12-13,16H2,1-2H3. The number of aryl methyl sites for hydroxylation is 2. The SMILES string of the molecule is Cc1cc(C(=O)COC(=O)c2cc(=O)c3ccccc3o2)c(C)n1CCc1ccccc1. The molecule has 0 saturated heterocycles. The first-order valence-corrected chi connectivity index (χ1v) is 10.4. The van der Waals surface area contributed by atoms with Gasteiger partial charge in [-0.05, 0) is 44.0 Å². The summed E-state index contributed by atoms with van der Waals surface area (Å²) in [5.74, 6) is -1.38. The minimum Gasteiger partial charge on any atom is -0.451 e. The summed E-state index contributed by atoms with van der Waals surface area (Å²) in [7, 11) is 0. The lowest BCUT2D eigenvalue weighted by Gasteiger charge is -2.10. The summed E-state index contributed by atoms with van der Waals surface area (Å²) < 4.78 is 12.7. The second-order valence-corrected chi connectivity index (χ2v) is 7.64. The molecule has 162 valence electrons. The molecule has 2 aromatic heterocycles. The number of esters is 1. The lowest BCUT2D eigenvalue weighted by molar-refractivity contribution is 0.0444. The highest BCUT2D eigenvalue weighted by atomic mass is 16.5. The normalized spacial score (nSPS) is 10.9. The molecule has 0 atom stereocenters. The maximum atomic E-state index is 12.7. The van der Waals surface area contributed by atoms with Crippen molar-refractivity contribution in [1.82, 2.24) is 4.57 Å². The van der Waals surface area contributed by atoms with Gasteiger partial charge in [-0.2, -0.15) is 0 Å². The molecule has 6 nitrogen and oxygen atoms in total. The fourth-order valence-electron chi connectivity index (χ4n) is 3.80. The van der Waals surface area contributed by atoms with Gasteiger partial charge in [0.15, 0.2) is 12.0 Å². The smallest absolute Gasteiger partial charge is 0.374 e. The zero-order valence-corrected chi connectivity index (χ0v) is 18.0. The Hall–Kier alpha value is -3.93. The second-order valence-electron chi connectivity index (χ2n) is 7.64. The molecule has 32 heavy (non-hydrogen) atoms. The maximum Gasteiger partial charge on any atom is 0.374 e. The van der Waals surface area contributed by atoms with E-state index in [2.05, 4.69) is 16.7 Å². The Morgan fingerprint density at radius 1 is 0.969 bits per heavy atom. The molecule has 6 heteroatoms. The number of hydrogen-bond acceptors (Lipinski definition) is 5. The molecule has 0 unspecified atom stereocenters. The molecule has 0 radical (unpaired) electrons. The Morgan fingerprint density at radius 2 is 1.69 bits per heavy atom. The van der Waals surface area contributed by atoms with Crippen LogP contribution in [0.4, 0.5) is 0 Å². The van der Waals surface area contributed by atoms with Crippen molar-refractivity contribution in [1.29, 1.82) is 0 Å². The molecule has 2 heterocycles. The summed E-state index contributed by atoms with van der Waals surface area (Å²) in [5, 5.41) is 0.378. The number of Topliss-reactive ketones (excluding diaryl/α,β-unsaturated/α-hetero) is 1. The van der Waals surface area contributed by atoms with Gasteiger partial charge in [0.05, 0.1) is 5.39 Å². The number of nitrogens with zero attached hydrogens (tertiary/aromatic N) is 1. The lowest BCUT2D eigenvalue weighted by Crippen LogP contribution is -2.16. The lowest BCUT2D eigenvalue weighted by atomic mass is 10.1. The van der Waals surface area contributed by atoms with E-state index in [1.807, 2.05) is 38.1 Å². The van der Waals surface area contributed by atoms with Crippen LogP contribution in [-0.2, 0) is 17.7 Å². The summed E-state index contributed by atoms with van der Waals surface area (Å²) in [6, 6.07) is 19.7. The molecule has 0 bridgehead atoms. The number of ketones is 1. The highest BCUT2D eigenvalue weighted by molar-refractivity contribution is 6.00. The quantitative estimate of drug-likeness (QED) is 0.319. The van der Waals surface area contributed by atoms with Crippen molar-refractivity contribution in [2.75, 3.05) is 6.61 Å². The zero-order chi connectivity index (χ0) is 22.7. The molecule has 2 aromatic carbocycles. The Morgan fingerprint density at radius 3 is 2.47 bits per heavy atom. The van der Waals surface area contributed by atoms with E-state index in [9.17, 15) is 14.4 Å². The van der Waals surface area contributed by atoms with Crippen LogP contribution in [0.1, 0.15) is 37.9 Å². The molecular formula is C26H23NO5. The molecule has 0 fully saturated rings. The van der Waals surface area contributed by atoms with Crippen LogP contribution in [0.3, 0.4) is 0 Å². The second kappa shape index (κ2) is 9.06. The maximum absolute atomic E-state index is 12.7. The Kier molecular flexibility index (Phi) is 6.03. The third-order valence-corrected chi connectivity index (χ3v) is 5.51. The molecule has 0 aliphatic rings. The monoisotopic (exact) mass is 429 g/mol. The van der Waals surface area contributed by atoms with Crippen LogP contribution in [0, 0.1) is 13.8 Å². The van der Waals surface area contributed by atoms with Crippen molar-refractivity contribution in [3.8, 4) is 0 Å². The topological polar surface area (TPSA) is 78.5 Å². The van der Waals surface area contributed by atoms with Gasteiger partial charge >= 0.3 is 5.97 Å². The van der Waals surface area contributed by atoms with E-state index in [0.717, 1.165) is 30.4 Å². The van der Waals surface area contributed by atoms with Gasteiger partial charge in [-0.3, -0.25) is 9.59 Å². The molecule has 0 aliphatic carbocycles. The van der Waals surface area contributed by atoms with Crippen LogP contribution in [0.15, 0.2) is 75.9 Å². The van der Waals surface area contributed by atoms with Crippen molar-refractivity contribution in [2.45, 2.75) is 26.8 Å². The van der Waals surface area contributed by atoms with Gasteiger partial charge in [-0.1, -0.05) is 42.5 Å². The number of aromatic nitrogens is 1. The number of ether oxygens (including phenoxy) is 1. The van der Waals surface area contributed by atoms with Gasteiger partial charge in [-0.15, -0.1) is 0 Å². The van der Waals surface area contributed by atoms with Gasteiger partial charge in [-0.25, -0.2) is 4.79 Å². The minimum absolute atomic E-state index is 0.227. The van der Waals surface area contributed by atoms with E-state index in [1.165, 1.54) is 5.56 Å². The summed E-state index contributed by atoms with van der Waals surface area (Å²) in [6.07, 6.45) is 0.848. The number of hydrogen-bond donors (Lipinski definition) is 0. The first-order chi connectivity index (χ1) is 15.4. The predicted molar refractivity (Wildman–Crippen MR) is 121 cm³/mol. The fourth-order valence-corrected chi connectivity index (χ4v) is 3.80. The largest absolute Gasteiger partial charge is 0.451 e. The summed E-state index contributed by atoms with van der Waals surface area (Å²) in [5.41, 5.74) is 3.49. The Labute approximate surface area is 185 Å². The molecule has 4 rings (SSSR count). The van der Waals surface area contributed by atoms with Crippen LogP contribution in [0.2, 0.25) is 0 Å². The van der Waals surface area contributed by atoms with Crippen molar-refractivity contribution < 1.29 is 18.7 Å². The van der Waals surface area contributed by atoms with Crippen LogP contribution in [0.5, 0.6) is 0 Å². The highest BCUT2D eigenvalue weighted by Crippen LogP contribution is 2.18. The first-order valence-electron chi connectivity index (χ1n) is 10.4. The molecule has 0 aliphatic heterocycles. The van der Waals surface area contributed by atoms with Crippen LogP contribution >= 0.6 is 0 Å². The molecule has 4 aromatic rings. The summed E-state index contributed by atoms with van der Waals surface area (Å²) in [6.45, 7) is 4.15. The number of carbonyl (C=O) groups excluding carboxylic acids is 2. The van der Waals surface area contributed by atoms with Gasteiger partial charge in [0.1, 0.15) is 5.58 Å². The molecule has 0 spiro atoms. The van der Waals surface area contributed by atoms with Crippen LogP contribution in [0.25, 0.3) is 11.0 Å². The average Bonchev–Trinajstić information content (AvgIpc) is 3.09. The third-order valence-electron chi connectivity index (χ3n) is 5.51.